The van der Waals surface area contributed by atoms with Crippen molar-refractivity contribution in [1.29, 1.82) is 0 Å². The molecular weight excluding hydrogens is 356 g/mol. The summed E-state index contributed by atoms with van der Waals surface area (Å²) in [6, 6.07) is 18.1. The molecule has 0 saturated heterocycles. The molecule has 3 aromatic carbocycles. The van der Waals surface area contributed by atoms with Crippen LogP contribution in [0.15, 0.2) is 64.2 Å². The van der Waals surface area contributed by atoms with Crippen molar-refractivity contribution in [2.24, 2.45) is 0 Å². The van der Waals surface area contributed by atoms with Gasteiger partial charge in [0.05, 0.1) is 7.11 Å². The molecule has 0 aromatic heterocycles. The maximum absolute atomic E-state index is 12.6. The molecule has 3 rings (SSSR count). The Bertz CT molecular complexity index is 996. The van der Waals surface area contributed by atoms with Crippen LogP contribution in [0, 0.1) is 0 Å². The van der Waals surface area contributed by atoms with Crippen LogP contribution in [-0.2, 0) is 0 Å². The summed E-state index contributed by atoms with van der Waals surface area (Å²) in [7, 11) is -2.82. The van der Waals surface area contributed by atoms with Gasteiger partial charge in [-0.2, -0.15) is 0 Å². The van der Waals surface area contributed by atoms with E-state index in [9.17, 15) is 9.59 Å². The molecule has 0 aliphatic rings. The summed E-state index contributed by atoms with van der Waals surface area (Å²) in [4.78, 5) is 25.2. The van der Waals surface area contributed by atoms with Gasteiger partial charge < -0.3 is 4.74 Å². The molecule has 5 heteroatoms. The van der Waals surface area contributed by atoms with E-state index in [0.717, 1.165) is 21.3 Å². The van der Waals surface area contributed by atoms with Crippen LogP contribution in [0.2, 0.25) is 26.2 Å². The van der Waals surface area contributed by atoms with Gasteiger partial charge >= 0.3 is 0 Å². The second-order valence-corrected chi connectivity index (χ2v) is 16.4. The molecule has 0 fully saturated rings. The van der Waals surface area contributed by atoms with Crippen molar-refractivity contribution in [3.8, 4) is 5.75 Å². The highest BCUT2D eigenvalue weighted by molar-refractivity contribution is 7.09. The fourth-order valence-electron chi connectivity index (χ4n) is 3.74. The first-order chi connectivity index (χ1) is 12.2. The summed E-state index contributed by atoms with van der Waals surface area (Å²) in [6.07, 6.45) is 0. The number of rotatable bonds is 5. The van der Waals surface area contributed by atoms with E-state index >= 15 is 0 Å². The van der Waals surface area contributed by atoms with Crippen molar-refractivity contribution in [2.45, 2.75) is 26.2 Å². The Morgan fingerprint density at radius 3 is 1.50 bits per heavy atom. The number of hydrogen-bond acceptors (Lipinski definition) is 3. The molecule has 0 amide bonds. The molecule has 3 aromatic rings. The van der Waals surface area contributed by atoms with Gasteiger partial charge in [-0.3, -0.25) is 9.59 Å². The molecule has 0 heterocycles. The highest BCUT2D eigenvalue weighted by atomic mass is 28.3. The number of ether oxygens (including phenoxy) is 1. The Morgan fingerprint density at radius 2 is 1.08 bits per heavy atom. The molecule has 134 valence electrons. The lowest BCUT2D eigenvalue weighted by Crippen LogP contribution is -2.82. The lowest BCUT2D eigenvalue weighted by Gasteiger charge is -2.33. The van der Waals surface area contributed by atoms with Crippen LogP contribution in [0.5, 0.6) is 5.75 Å². The fraction of sp³-hybridized carbons (Fsp3) is 0.238. The maximum Gasteiger partial charge on any atom is 0.225 e. The van der Waals surface area contributed by atoms with Gasteiger partial charge in [0, 0.05) is 0 Å². The average molecular weight is 381 g/mol. The van der Waals surface area contributed by atoms with E-state index in [1.54, 1.807) is 7.11 Å². The first kappa shape index (κ1) is 18.5. The molecule has 0 N–H and O–H groups in total. The van der Waals surface area contributed by atoms with Crippen LogP contribution < -0.4 is 36.3 Å². The van der Waals surface area contributed by atoms with Crippen molar-refractivity contribution in [3.05, 3.63) is 75.0 Å². The first-order valence-corrected chi connectivity index (χ1v) is 14.8. The average Bonchev–Trinajstić information content (AvgIpc) is 2.65. The second kappa shape index (κ2) is 6.48. The van der Waals surface area contributed by atoms with Crippen LogP contribution in [0.1, 0.15) is 0 Å². The molecule has 0 spiro atoms. The Hall–Kier alpha value is -2.25. The molecule has 3 nitrogen and oxygen atoms in total. The Morgan fingerprint density at radius 1 is 0.654 bits per heavy atom. The van der Waals surface area contributed by atoms with E-state index in [-0.39, 0.29) is 10.9 Å². The van der Waals surface area contributed by atoms with E-state index < -0.39 is 16.1 Å². The number of hydrogen-bond donors (Lipinski definition) is 0. The summed E-state index contributed by atoms with van der Waals surface area (Å²) in [5.74, 6) is 0.794. The standard InChI is InChI=1S/C21H24O3Si2/c1-24-15-11-13-17(14-12-15)26(4,5)21-19(23)18(22)20(21)25(2,3)16-9-7-6-8-10-16/h6-14H,1-5H3. The Balaban J connectivity index is 2.14. The second-order valence-electron chi connectivity index (χ2n) is 7.75. The quantitative estimate of drug-likeness (QED) is 0.489. The monoisotopic (exact) mass is 380 g/mol. The summed E-state index contributed by atoms with van der Waals surface area (Å²) < 4.78 is 5.24. The molecular formula is C21H24O3Si2. The molecule has 0 aliphatic heterocycles. The summed E-state index contributed by atoms with van der Waals surface area (Å²) in [5, 5.41) is 3.96. The molecule has 0 radical (unpaired) electrons. The fourth-order valence-corrected chi connectivity index (χ4v) is 11.1. The van der Waals surface area contributed by atoms with Gasteiger partial charge in [0.2, 0.25) is 10.9 Å². The highest BCUT2D eigenvalue weighted by Crippen LogP contribution is 2.11. The SMILES string of the molecule is COc1ccc([Si](C)(C)c2c([Si](C)(C)c3ccccc3)c(=O)c2=O)cc1. The first-order valence-electron chi connectivity index (χ1n) is 8.75. The van der Waals surface area contributed by atoms with E-state index in [1.165, 1.54) is 5.19 Å². The van der Waals surface area contributed by atoms with E-state index in [4.69, 9.17) is 4.74 Å². The summed E-state index contributed by atoms with van der Waals surface area (Å²) >= 11 is 0. The zero-order valence-corrected chi connectivity index (χ0v) is 17.9. The normalized spacial score (nSPS) is 12.3. The third-order valence-electron chi connectivity index (χ3n) is 5.47. The van der Waals surface area contributed by atoms with Crippen molar-refractivity contribution in [2.75, 3.05) is 7.11 Å². The Kier molecular flexibility index (Phi) is 4.62. The third-order valence-corrected chi connectivity index (χ3v) is 12.7. The van der Waals surface area contributed by atoms with Crippen molar-refractivity contribution < 1.29 is 4.74 Å². The van der Waals surface area contributed by atoms with Gasteiger partial charge in [0.25, 0.3) is 0 Å². The van der Waals surface area contributed by atoms with Gasteiger partial charge in [-0.1, -0.05) is 79.0 Å². The minimum atomic E-state index is -2.25. The molecule has 0 bridgehead atoms. The predicted octanol–water partition coefficient (Wildman–Crippen LogP) is 0.936. The minimum Gasteiger partial charge on any atom is -0.497 e. The molecule has 0 aliphatic carbocycles. The topological polar surface area (TPSA) is 43.4 Å². The van der Waals surface area contributed by atoms with Crippen LogP contribution in [-0.4, -0.2) is 23.3 Å². The number of benzene rings is 2. The van der Waals surface area contributed by atoms with Crippen LogP contribution in [0.25, 0.3) is 0 Å². The van der Waals surface area contributed by atoms with E-state index in [1.807, 2.05) is 42.5 Å². The van der Waals surface area contributed by atoms with Gasteiger partial charge in [0.1, 0.15) is 21.9 Å². The van der Waals surface area contributed by atoms with Gasteiger partial charge in [-0.05, 0) is 22.5 Å². The van der Waals surface area contributed by atoms with E-state index in [2.05, 4.69) is 38.3 Å². The van der Waals surface area contributed by atoms with Crippen LogP contribution in [0.3, 0.4) is 0 Å². The molecule has 0 unspecified atom stereocenters. The largest absolute Gasteiger partial charge is 0.497 e. The van der Waals surface area contributed by atoms with Gasteiger partial charge in [-0.25, -0.2) is 0 Å². The highest BCUT2D eigenvalue weighted by Gasteiger charge is 2.43. The van der Waals surface area contributed by atoms with Gasteiger partial charge in [0.15, 0.2) is 0 Å². The molecule has 0 saturated carbocycles. The van der Waals surface area contributed by atoms with Crippen LogP contribution in [0.4, 0.5) is 0 Å². The zero-order valence-electron chi connectivity index (χ0n) is 15.9. The van der Waals surface area contributed by atoms with Crippen molar-refractivity contribution in [1.82, 2.24) is 0 Å². The minimum absolute atomic E-state index is 0.269. The molecule has 26 heavy (non-hydrogen) atoms. The van der Waals surface area contributed by atoms with Crippen molar-refractivity contribution in [3.63, 3.8) is 0 Å². The summed E-state index contributed by atoms with van der Waals surface area (Å²) in [5.41, 5.74) is -0.543. The lowest BCUT2D eigenvalue weighted by molar-refractivity contribution is 0.415. The third kappa shape index (κ3) is 2.81. The lowest BCUT2D eigenvalue weighted by atomic mass is 10.3. The zero-order chi connectivity index (χ0) is 19.1. The van der Waals surface area contributed by atoms with Crippen molar-refractivity contribution >= 4 is 36.9 Å². The smallest absolute Gasteiger partial charge is 0.225 e. The van der Waals surface area contributed by atoms with Gasteiger partial charge in [-0.15, -0.1) is 0 Å². The predicted molar refractivity (Wildman–Crippen MR) is 114 cm³/mol. The Labute approximate surface area is 156 Å². The van der Waals surface area contributed by atoms with Crippen LogP contribution >= 0.6 is 0 Å². The molecule has 0 atom stereocenters. The summed E-state index contributed by atoms with van der Waals surface area (Å²) in [6.45, 7) is 8.65. The maximum atomic E-state index is 12.6. The number of methoxy groups -OCH3 is 1. The van der Waals surface area contributed by atoms with E-state index in [0.29, 0.717) is 0 Å².